The molecule has 3 rings (SSSR count). The van der Waals surface area contributed by atoms with E-state index in [0.717, 1.165) is 16.9 Å². The first-order valence-electron chi connectivity index (χ1n) is 8.89. The van der Waals surface area contributed by atoms with E-state index in [0.29, 0.717) is 35.5 Å². The van der Waals surface area contributed by atoms with E-state index in [2.05, 4.69) is 5.32 Å². The number of thioether (sulfide) groups is 1. The molecule has 5 nitrogen and oxygen atoms in total. The number of nitrogens with zero attached hydrogens (tertiary/aromatic N) is 1. The zero-order valence-corrected chi connectivity index (χ0v) is 17.2. The van der Waals surface area contributed by atoms with E-state index < -0.39 is 0 Å². The third-order valence-corrected chi connectivity index (χ3v) is 5.45. The molecule has 1 N–H and O–H groups in total. The van der Waals surface area contributed by atoms with Crippen LogP contribution < -0.4 is 10.1 Å². The largest absolute Gasteiger partial charge is 0.491 e. The zero-order valence-electron chi connectivity index (χ0n) is 15.6. The molecule has 1 aliphatic rings. The lowest BCUT2D eigenvalue weighted by Gasteiger charge is -2.14. The number of thiocarbonyl (C=S) groups is 1. The van der Waals surface area contributed by atoms with Gasteiger partial charge in [-0.15, -0.1) is 0 Å². The van der Waals surface area contributed by atoms with Crippen LogP contribution in [0.5, 0.6) is 5.75 Å². The van der Waals surface area contributed by atoms with Gasteiger partial charge in [0.1, 0.15) is 16.7 Å². The van der Waals surface area contributed by atoms with E-state index in [-0.39, 0.29) is 5.91 Å². The Labute approximate surface area is 174 Å². The molecule has 0 unspecified atom stereocenters. The van der Waals surface area contributed by atoms with Gasteiger partial charge in [-0.3, -0.25) is 9.69 Å². The molecule has 0 spiro atoms. The van der Waals surface area contributed by atoms with Crippen molar-refractivity contribution in [1.82, 2.24) is 10.2 Å². The Balaban J connectivity index is 1.52. The van der Waals surface area contributed by atoms with Crippen LogP contribution in [0.1, 0.15) is 11.1 Å². The maximum absolute atomic E-state index is 12.6. The quantitative estimate of drug-likeness (QED) is 0.384. The monoisotopic (exact) mass is 414 g/mol. The van der Waals surface area contributed by atoms with Gasteiger partial charge in [0.2, 0.25) is 0 Å². The van der Waals surface area contributed by atoms with Crippen molar-refractivity contribution in [2.24, 2.45) is 0 Å². The standard InChI is InChI=1S/C21H22N2O3S2/c1-25-11-12-26-18-9-7-16(8-10-18)13-22-14-19-20(24)23(21(27)28-19)15-17-5-3-2-4-6-17/h2-10,14,22H,11-13,15H2,1H3. The summed E-state index contributed by atoms with van der Waals surface area (Å²) in [5.41, 5.74) is 2.15. The van der Waals surface area contributed by atoms with Crippen molar-refractivity contribution in [3.8, 4) is 5.75 Å². The van der Waals surface area contributed by atoms with E-state index in [1.165, 1.54) is 11.8 Å². The van der Waals surface area contributed by atoms with Crippen molar-refractivity contribution in [2.75, 3.05) is 20.3 Å². The van der Waals surface area contributed by atoms with E-state index in [1.807, 2.05) is 54.6 Å². The van der Waals surface area contributed by atoms with Crippen LogP contribution in [0.25, 0.3) is 0 Å². The molecule has 0 atom stereocenters. The number of methoxy groups -OCH3 is 1. The summed E-state index contributed by atoms with van der Waals surface area (Å²) in [4.78, 5) is 14.9. The number of carbonyl (C=O) groups excluding carboxylic acids is 1. The van der Waals surface area contributed by atoms with Gasteiger partial charge in [0.05, 0.1) is 18.1 Å². The highest BCUT2D eigenvalue weighted by Crippen LogP contribution is 2.31. The molecule has 28 heavy (non-hydrogen) atoms. The summed E-state index contributed by atoms with van der Waals surface area (Å²) in [7, 11) is 1.65. The van der Waals surface area contributed by atoms with Crippen LogP contribution in [0.3, 0.4) is 0 Å². The van der Waals surface area contributed by atoms with Crippen LogP contribution in [0.15, 0.2) is 65.7 Å². The molecule has 2 aromatic rings. The van der Waals surface area contributed by atoms with Crippen LogP contribution in [-0.4, -0.2) is 35.5 Å². The minimum atomic E-state index is -0.0618. The fourth-order valence-corrected chi connectivity index (χ4v) is 3.81. The van der Waals surface area contributed by atoms with Crippen molar-refractivity contribution in [1.29, 1.82) is 0 Å². The number of benzene rings is 2. The van der Waals surface area contributed by atoms with Crippen LogP contribution in [0, 0.1) is 0 Å². The first-order chi connectivity index (χ1) is 13.7. The first kappa shape index (κ1) is 20.4. The summed E-state index contributed by atoms with van der Waals surface area (Å²) in [6.45, 7) is 2.19. The Bertz CT molecular complexity index is 838. The molecule has 1 heterocycles. The van der Waals surface area contributed by atoms with Crippen LogP contribution in [-0.2, 0) is 22.6 Å². The smallest absolute Gasteiger partial charge is 0.267 e. The van der Waals surface area contributed by atoms with Crippen molar-refractivity contribution in [3.05, 3.63) is 76.8 Å². The summed E-state index contributed by atoms with van der Waals surface area (Å²) in [6.07, 6.45) is 1.74. The second-order valence-electron chi connectivity index (χ2n) is 6.12. The van der Waals surface area contributed by atoms with E-state index in [9.17, 15) is 4.79 Å². The van der Waals surface area contributed by atoms with Crippen molar-refractivity contribution in [2.45, 2.75) is 13.1 Å². The maximum atomic E-state index is 12.6. The lowest BCUT2D eigenvalue weighted by Crippen LogP contribution is -2.27. The summed E-state index contributed by atoms with van der Waals surface area (Å²) >= 11 is 6.70. The molecule has 2 aromatic carbocycles. The summed E-state index contributed by atoms with van der Waals surface area (Å²) in [5.74, 6) is 0.746. The number of rotatable bonds is 9. The van der Waals surface area contributed by atoms with Crippen LogP contribution >= 0.6 is 24.0 Å². The summed E-state index contributed by atoms with van der Waals surface area (Å²) in [5, 5.41) is 3.20. The molecule has 0 radical (unpaired) electrons. The summed E-state index contributed by atoms with van der Waals surface area (Å²) < 4.78 is 11.1. The molecule has 0 bridgehead atoms. The van der Waals surface area contributed by atoms with Gasteiger partial charge in [0.25, 0.3) is 5.91 Å². The molecule has 0 aliphatic carbocycles. The van der Waals surface area contributed by atoms with Crippen molar-refractivity contribution < 1.29 is 14.3 Å². The number of hydrogen-bond donors (Lipinski definition) is 1. The topological polar surface area (TPSA) is 50.8 Å². The van der Waals surface area contributed by atoms with E-state index >= 15 is 0 Å². The number of hydrogen-bond acceptors (Lipinski definition) is 6. The van der Waals surface area contributed by atoms with Gasteiger partial charge in [-0.05, 0) is 23.3 Å². The number of carbonyl (C=O) groups is 1. The molecule has 1 amide bonds. The second kappa shape index (κ2) is 10.3. The van der Waals surface area contributed by atoms with Gasteiger partial charge in [-0.1, -0.05) is 66.4 Å². The molecule has 1 aliphatic heterocycles. The third kappa shape index (κ3) is 5.58. The maximum Gasteiger partial charge on any atom is 0.267 e. The normalized spacial score (nSPS) is 15.3. The molecule has 7 heteroatoms. The van der Waals surface area contributed by atoms with Crippen LogP contribution in [0.2, 0.25) is 0 Å². The number of amides is 1. The highest BCUT2D eigenvalue weighted by Gasteiger charge is 2.31. The summed E-state index contributed by atoms with van der Waals surface area (Å²) in [6, 6.07) is 17.7. The second-order valence-corrected chi connectivity index (χ2v) is 7.80. The van der Waals surface area contributed by atoms with Gasteiger partial charge in [-0.2, -0.15) is 0 Å². The average molecular weight is 415 g/mol. The van der Waals surface area contributed by atoms with Crippen LogP contribution in [0.4, 0.5) is 0 Å². The Morgan fingerprint density at radius 1 is 1.07 bits per heavy atom. The highest BCUT2D eigenvalue weighted by atomic mass is 32.2. The minimum absolute atomic E-state index is 0.0618. The number of ether oxygens (including phenoxy) is 2. The van der Waals surface area contributed by atoms with Crippen molar-refractivity contribution >= 4 is 34.2 Å². The highest BCUT2D eigenvalue weighted by molar-refractivity contribution is 8.26. The van der Waals surface area contributed by atoms with Crippen molar-refractivity contribution in [3.63, 3.8) is 0 Å². The molecule has 146 valence electrons. The average Bonchev–Trinajstić information content (AvgIpc) is 2.98. The molecular weight excluding hydrogens is 392 g/mol. The predicted molar refractivity (Wildman–Crippen MR) is 116 cm³/mol. The zero-order chi connectivity index (χ0) is 19.8. The Hall–Kier alpha value is -2.35. The molecule has 1 saturated heterocycles. The van der Waals surface area contributed by atoms with Gasteiger partial charge < -0.3 is 14.8 Å². The fourth-order valence-electron chi connectivity index (χ4n) is 2.61. The lowest BCUT2D eigenvalue weighted by molar-refractivity contribution is -0.122. The first-order valence-corrected chi connectivity index (χ1v) is 10.1. The molecule has 0 saturated carbocycles. The third-order valence-electron chi connectivity index (χ3n) is 4.08. The Morgan fingerprint density at radius 2 is 1.82 bits per heavy atom. The fraction of sp³-hybridized carbons (Fsp3) is 0.238. The van der Waals surface area contributed by atoms with E-state index in [1.54, 1.807) is 18.2 Å². The molecule has 1 fully saturated rings. The number of nitrogens with one attached hydrogen (secondary N) is 1. The SMILES string of the molecule is COCCOc1ccc(CNC=C2SC(=S)N(Cc3ccccc3)C2=O)cc1. The van der Waals surface area contributed by atoms with Gasteiger partial charge in [0, 0.05) is 19.9 Å². The van der Waals surface area contributed by atoms with Gasteiger partial charge in [-0.25, -0.2) is 0 Å². The van der Waals surface area contributed by atoms with Gasteiger partial charge >= 0.3 is 0 Å². The van der Waals surface area contributed by atoms with E-state index in [4.69, 9.17) is 21.7 Å². The molecule has 0 aromatic heterocycles. The minimum Gasteiger partial charge on any atom is -0.491 e. The predicted octanol–water partition coefficient (Wildman–Crippen LogP) is 3.70. The Morgan fingerprint density at radius 3 is 2.54 bits per heavy atom. The Kier molecular flexibility index (Phi) is 7.47. The molecular formula is C21H22N2O3S2. The van der Waals surface area contributed by atoms with Gasteiger partial charge in [0.15, 0.2) is 0 Å². The lowest BCUT2D eigenvalue weighted by atomic mass is 10.2.